The van der Waals surface area contributed by atoms with Crippen LogP contribution in [-0.4, -0.2) is 32.5 Å². The number of ether oxygens (including phenoxy) is 2. The van der Waals surface area contributed by atoms with E-state index in [1.165, 1.54) is 0 Å². The molecule has 3 rings (SSSR count). The summed E-state index contributed by atoms with van der Waals surface area (Å²) in [6, 6.07) is 0. The van der Waals surface area contributed by atoms with Crippen molar-refractivity contribution in [2.24, 2.45) is 11.1 Å². The van der Waals surface area contributed by atoms with Crippen molar-refractivity contribution in [1.82, 2.24) is 0 Å². The Morgan fingerprint density at radius 2 is 2.27 bits per heavy atom. The van der Waals surface area contributed by atoms with E-state index in [-0.39, 0.29) is 5.60 Å². The molecule has 1 aliphatic carbocycles. The van der Waals surface area contributed by atoms with Crippen LogP contribution < -0.4 is 5.73 Å². The lowest BCUT2D eigenvalue weighted by Crippen LogP contribution is -2.50. The van der Waals surface area contributed by atoms with Crippen LogP contribution in [0, 0.1) is 5.41 Å². The minimum atomic E-state index is 0.0402. The van der Waals surface area contributed by atoms with E-state index in [1.54, 1.807) is 7.11 Å². The van der Waals surface area contributed by atoms with E-state index in [0.29, 0.717) is 12.0 Å². The van der Waals surface area contributed by atoms with Gasteiger partial charge in [0.05, 0.1) is 18.8 Å². The highest BCUT2D eigenvalue weighted by Gasteiger charge is 2.61. The first kappa shape index (κ1) is 7.53. The molecule has 2 bridgehead atoms. The Morgan fingerprint density at radius 1 is 1.55 bits per heavy atom. The maximum atomic E-state index is 5.61. The topological polar surface area (TPSA) is 44.5 Å². The molecule has 3 fully saturated rings. The highest BCUT2D eigenvalue weighted by molar-refractivity contribution is 5.11. The zero-order chi connectivity index (χ0) is 7.95. The van der Waals surface area contributed by atoms with Crippen LogP contribution in [0.3, 0.4) is 0 Å². The van der Waals surface area contributed by atoms with E-state index in [0.717, 1.165) is 26.1 Å². The summed E-state index contributed by atoms with van der Waals surface area (Å²) in [6.45, 7) is 2.34. The van der Waals surface area contributed by atoms with Crippen LogP contribution in [0.5, 0.6) is 0 Å². The average Bonchev–Trinajstić information content (AvgIpc) is 2.43. The van der Waals surface area contributed by atoms with Gasteiger partial charge in [0, 0.05) is 19.1 Å². The SMILES string of the molecule is COCC12COC(CN)(C1)C2. The van der Waals surface area contributed by atoms with Gasteiger partial charge in [0.2, 0.25) is 0 Å². The Morgan fingerprint density at radius 3 is 2.73 bits per heavy atom. The molecule has 0 amide bonds. The van der Waals surface area contributed by atoms with Crippen LogP contribution in [0.4, 0.5) is 0 Å². The largest absolute Gasteiger partial charge is 0.384 e. The lowest BCUT2D eigenvalue weighted by Gasteiger charge is -2.43. The molecule has 0 aromatic rings. The van der Waals surface area contributed by atoms with E-state index in [4.69, 9.17) is 15.2 Å². The number of nitrogens with two attached hydrogens (primary N) is 1. The van der Waals surface area contributed by atoms with Crippen molar-refractivity contribution >= 4 is 0 Å². The normalized spacial score (nSPS) is 47.5. The van der Waals surface area contributed by atoms with Gasteiger partial charge < -0.3 is 15.2 Å². The molecule has 3 nitrogen and oxygen atoms in total. The average molecular weight is 157 g/mol. The predicted molar refractivity (Wildman–Crippen MR) is 41.3 cm³/mol. The summed E-state index contributed by atoms with van der Waals surface area (Å²) in [6.07, 6.45) is 2.20. The fourth-order valence-electron chi connectivity index (χ4n) is 2.48. The maximum absolute atomic E-state index is 5.61. The predicted octanol–water partition coefficient (Wildman–Crippen LogP) is 0.141. The summed E-state index contributed by atoms with van der Waals surface area (Å²) in [5, 5.41) is 0. The second kappa shape index (κ2) is 2.19. The second-order valence-electron chi connectivity index (χ2n) is 3.96. The van der Waals surface area contributed by atoms with Crippen LogP contribution in [0.2, 0.25) is 0 Å². The first-order valence-corrected chi connectivity index (χ1v) is 4.07. The van der Waals surface area contributed by atoms with Gasteiger partial charge in [-0.25, -0.2) is 0 Å². The molecule has 64 valence electrons. The molecule has 3 heteroatoms. The monoisotopic (exact) mass is 157 g/mol. The Kier molecular flexibility index (Phi) is 1.50. The summed E-state index contributed by atoms with van der Waals surface area (Å²) >= 11 is 0. The van der Waals surface area contributed by atoms with Crippen LogP contribution in [0.1, 0.15) is 12.8 Å². The molecular weight excluding hydrogens is 142 g/mol. The zero-order valence-corrected chi connectivity index (χ0v) is 6.93. The number of hydrogen-bond acceptors (Lipinski definition) is 3. The van der Waals surface area contributed by atoms with Gasteiger partial charge in [-0.15, -0.1) is 0 Å². The Labute approximate surface area is 66.8 Å². The first-order chi connectivity index (χ1) is 5.24. The minimum absolute atomic E-state index is 0.0402. The summed E-state index contributed by atoms with van der Waals surface area (Å²) < 4.78 is 10.7. The molecule has 0 aromatic heterocycles. The van der Waals surface area contributed by atoms with Gasteiger partial charge in [0.25, 0.3) is 0 Å². The fraction of sp³-hybridized carbons (Fsp3) is 1.00. The van der Waals surface area contributed by atoms with E-state index in [2.05, 4.69) is 0 Å². The van der Waals surface area contributed by atoms with Gasteiger partial charge in [-0.3, -0.25) is 0 Å². The molecule has 0 radical (unpaired) electrons. The second-order valence-corrected chi connectivity index (χ2v) is 3.96. The molecule has 3 aliphatic rings. The van der Waals surface area contributed by atoms with Crippen molar-refractivity contribution in [3.05, 3.63) is 0 Å². The molecule has 0 unspecified atom stereocenters. The van der Waals surface area contributed by atoms with Crippen LogP contribution >= 0.6 is 0 Å². The lowest BCUT2D eigenvalue weighted by atomic mass is 9.63. The Bertz CT molecular complexity index is 163. The van der Waals surface area contributed by atoms with Crippen molar-refractivity contribution in [1.29, 1.82) is 0 Å². The van der Waals surface area contributed by atoms with E-state index >= 15 is 0 Å². The Hall–Kier alpha value is -0.120. The van der Waals surface area contributed by atoms with E-state index in [1.807, 2.05) is 0 Å². The van der Waals surface area contributed by atoms with Crippen molar-refractivity contribution in [2.75, 3.05) is 26.9 Å². The highest BCUT2D eigenvalue weighted by atomic mass is 16.5. The molecule has 0 spiro atoms. The van der Waals surface area contributed by atoms with Gasteiger partial charge in [0.15, 0.2) is 0 Å². The maximum Gasteiger partial charge on any atom is 0.0818 e. The molecule has 0 atom stereocenters. The van der Waals surface area contributed by atoms with Crippen molar-refractivity contribution in [3.8, 4) is 0 Å². The summed E-state index contributed by atoms with van der Waals surface area (Å²) in [5.74, 6) is 0. The summed E-state index contributed by atoms with van der Waals surface area (Å²) in [4.78, 5) is 0. The fourth-order valence-corrected chi connectivity index (χ4v) is 2.48. The van der Waals surface area contributed by atoms with E-state index in [9.17, 15) is 0 Å². The molecule has 2 saturated heterocycles. The quantitative estimate of drug-likeness (QED) is 0.633. The number of fused-ring (bicyclic) bond motifs is 1. The first-order valence-electron chi connectivity index (χ1n) is 4.07. The van der Waals surface area contributed by atoms with Crippen LogP contribution in [0.15, 0.2) is 0 Å². The van der Waals surface area contributed by atoms with Gasteiger partial charge in [0.1, 0.15) is 0 Å². The number of rotatable bonds is 3. The molecule has 2 N–H and O–H groups in total. The summed E-state index contributed by atoms with van der Waals surface area (Å²) in [5.41, 5.74) is 5.96. The standard InChI is InChI=1S/C8H15NO2/c1-10-5-7-2-8(3-7,4-9)11-6-7/h2-6,9H2,1H3. The van der Waals surface area contributed by atoms with Crippen LogP contribution in [0.25, 0.3) is 0 Å². The molecule has 2 aliphatic heterocycles. The van der Waals surface area contributed by atoms with Gasteiger partial charge in [-0.05, 0) is 12.8 Å². The molecule has 11 heavy (non-hydrogen) atoms. The molecule has 0 aromatic carbocycles. The van der Waals surface area contributed by atoms with E-state index < -0.39 is 0 Å². The van der Waals surface area contributed by atoms with Crippen molar-refractivity contribution in [3.63, 3.8) is 0 Å². The highest BCUT2D eigenvalue weighted by Crippen LogP contribution is 2.57. The number of methoxy groups -OCH3 is 1. The smallest absolute Gasteiger partial charge is 0.0818 e. The van der Waals surface area contributed by atoms with Crippen LogP contribution in [-0.2, 0) is 9.47 Å². The lowest BCUT2D eigenvalue weighted by molar-refractivity contribution is -0.0271. The molecule has 1 saturated carbocycles. The third kappa shape index (κ3) is 0.916. The Balaban J connectivity index is 1.97. The van der Waals surface area contributed by atoms with Gasteiger partial charge in [-0.2, -0.15) is 0 Å². The van der Waals surface area contributed by atoms with Gasteiger partial charge in [-0.1, -0.05) is 0 Å². The third-order valence-corrected chi connectivity index (χ3v) is 2.90. The zero-order valence-electron chi connectivity index (χ0n) is 6.93. The molecular formula is C8H15NO2. The van der Waals surface area contributed by atoms with Crippen molar-refractivity contribution < 1.29 is 9.47 Å². The minimum Gasteiger partial charge on any atom is -0.384 e. The summed E-state index contributed by atoms with van der Waals surface area (Å²) in [7, 11) is 1.75. The molecule has 2 heterocycles. The van der Waals surface area contributed by atoms with Crippen molar-refractivity contribution in [2.45, 2.75) is 18.4 Å². The van der Waals surface area contributed by atoms with Gasteiger partial charge >= 0.3 is 0 Å². The number of hydrogen-bond donors (Lipinski definition) is 1. The third-order valence-electron chi connectivity index (χ3n) is 2.90.